The number of carboxylic acids is 1. The van der Waals surface area contributed by atoms with Crippen LogP contribution in [0.3, 0.4) is 0 Å². The predicted octanol–water partition coefficient (Wildman–Crippen LogP) is 1.41. The van der Waals surface area contributed by atoms with Crippen LogP contribution in [0, 0.1) is 0 Å². The molecule has 1 amide bonds. The molecule has 0 aliphatic heterocycles. The van der Waals surface area contributed by atoms with Gasteiger partial charge in [-0.05, 0) is 25.5 Å². The van der Waals surface area contributed by atoms with Gasteiger partial charge in [-0.15, -0.1) is 0 Å². The number of carbonyl (C=O) groups is 2. The summed E-state index contributed by atoms with van der Waals surface area (Å²) in [6.45, 7) is 2.96. The summed E-state index contributed by atoms with van der Waals surface area (Å²) in [6.07, 6.45) is 2.05. The molecule has 6 nitrogen and oxygen atoms in total. The second-order valence-corrected chi connectivity index (χ2v) is 5.45. The van der Waals surface area contributed by atoms with Gasteiger partial charge in [0.2, 0.25) is 5.91 Å². The van der Waals surface area contributed by atoms with E-state index < -0.39 is 5.97 Å². The number of nitrogens with one attached hydrogen (secondary N) is 1. The average Bonchev–Trinajstić information content (AvgIpc) is 2.44. The highest BCUT2D eigenvalue weighted by Crippen LogP contribution is 2.21. The molecule has 0 bridgehead atoms. The Morgan fingerprint density at radius 2 is 2.25 bits per heavy atom. The Bertz CT molecular complexity index is 450. The number of amides is 1. The van der Waals surface area contributed by atoms with E-state index in [1.165, 1.54) is 24.0 Å². The summed E-state index contributed by atoms with van der Waals surface area (Å²) in [5.74, 6) is -1.09. The van der Waals surface area contributed by atoms with E-state index in [1.807, 2.05) is 0 Å². The Morgan fingerprint density at radius 3 is 2.80 bits per heavy atom. The molecular formula is C13H18N2O4S. The zero-order valence-electron chi connectivity index (χ0n) is 11.5. The maximum atomic E-state index is 11.8. The van der Waals surface area contributed by atoms with Gasteiger partial charge in [0.25, 0.3) is 0 Å². The highest BCUT2D eigenvalue weighted by Gasteiger charge is 2.14. The smallest absolute Gasteiger partial charge is 0.337 e. The molecule has 7 heteroatoms. The van der Waals surface area contributed by atoms with E-state index >= 15 is 0 Å². The van der Waals surface area contributed by atoms with Crippen LogP contribution in [-0.4, -0.2) is 47.5 Å². The van der Waals surface area contributed by atoms with Gasteiger partial charge >= 0.3 is 5.97 Å². The second-order valence-electron chi connectivity index (χ2n) is 4.09. The minimum absolute atomic E-state index is 0.0739. The van der Waals surface area contributed by atoms with Crippen molar-refractivity contribution in [2.24, 2.45) is 0 Å². The number of pyridine rings is 1. The summed E-state index contributed by atoms with van der Waals surface area (Å²) in [5.41, 5.74) is 0.131. The Morgan fingerprint density at radius 1 is 1.50 bits per heavy atom. The van der Waals surface area contributed by atoms with E-state index in [4.69, 9.17) is 9.84 Å². The van der Waals surface area contributed by atoms with Crippen LogP contribution in [-0.2, 0) is 9.53 Å². The number of thioether (sulfide) groups is 1. The number of carboxylic acid groups (broad SMARTS) is 1. The van der Waals surface area contributed by atoms with Crippen LogP contribution < -0.4 is 5.32 Å². The van der Waals surface area contributed by atoms with Crippen molar-refractivity contribution in [2.75, 3.05) is 20.3 Å². The molecule has 0 radical (unpaired) electrons. The van der Waals surface area contributed by atoms with Gasteiger partial charge in [0.05, 0.1) is 15.8 Å². The van der Waals surface area contributed by atoms with Crippen LogP contribution in [0.25, 0.3) is 0 Å². The van der Waals surface area contributed by atoms with Crippen LogP contribution in [0.2, 0.25) is 0 Å². The normalized spacial score (nSPS) is 11.9. The van der Waals surface area contributed by atoms with Gasteiger partial charge < -0.3 is 15.2 Å². The molecule has 1 unspecified atom stereocenters. The molecule has 1 aromatic heterocycles. The zero-order valence-corrected chi connectivity index (χ0v) is 12.3. The highest BCUT2D eigenvalue weighted by molar-refractivity contribution is 8.00. The maximum Gasteiger partial charge on any atom is 0.337 e. The Hall–Kier alpha value is -1.60. The first-order chi connectivity index (χ1) is 9.54. The molecule has 0 saturated carbocycles. The minimum atomic E-state index is -1.02. The second kappa shape index (κ2) is 8.55. The van der Waals surface area contributed by atoms with Crippen molar-refractivity contribution < 1.29 is 19.4 Å². The van der Waals surface area contributed by atoms with Crippen molar-refractivity contribution in [3.8, 4) is 0 Å². The van der Waals surface area contributed by atoms with Gasteiger partial charge in [0, 0.05) is 26.5 Å². The molecule has 2 N–H and O–H groups in total. The number of hydrogen-bond donors (Lipinski definition) is 2. The fraction of sp³-hybridized carbons (Fsp3) is 0.462. The molecule has 1 heterocycles. The van der Waals surface area contributed by atoms with E-state index in [2.05, 4.69) is 10.3 Å². The summed E-state index contributed by atoms with van der Waals surface area (Å²) in [7, 11) is 1.62. The number of hydrogen-bond acceptors (Lipinski definition) is 5. The molecule has 0 spiro atoms. The van der Waals surface area contributed by atoms with E-state index in [0.717, 1.165) is 6.42 Å². The number of aromatic nitrogens is 1. The monoisotopic (exact) mass is 298 g/mol. The van der Waals surface area contributed by atoms with Crippen molar-refractivity contribution in [1.29, 1.82) is 0 Å². The lowest BCUT2D eigenvalue weighted by atomic mass is 10.3. The quantitative estimate of drug-likeness (QED) is 0.557. The number of ether oxygens (including phenoxy) is 1. The standard InChI is InChI=1S/C13H18N2O4S/c1-9(12(16)14-6-3-7-19-2)20-11-5-4-10(8-15-11)13(17)18/h4-5,8-9H,3,6-7H2,1-2H3,(H,14,16)(H,17,18). The Balaban J connectivity index is 2.42. The Kier molecular flexibility index (Phi) is 7.03. The van der Waals surface area contributed by atoms with Crippen LogP contribution in [0.4, 0.5) is 0 Å². The summed E-state index contributed by atoms with van der Waals surface area (Å²) < 4.78 is 4.90. The van der Waals surface area contributed by atoms with E-state index in [9.17, 15) is 9.59 Å². The van der Waals surface area contributed by atoms with Gasteiger partial charge in [-0.25, -0.2) is 9.78 Å². The first-order valence-electron chi connectivity index (χ1n) is 6.17. The first-order valence-corrected chi connectivity index (χ1v) is 7.05. The highest BCUT2D eigenvalue weighted by atomic mass is 32.2. The third-order valence-electron chi connectivity index (χ3n) is 2.47. The maximum absolute atomic E-state index is 11.8. The fourth-order valence-corrected chi connectivity index (χ4v) is 2.20. The summed E-state index contributed by atoms with van der Waals surface area (Å²) in [5, 5.41) is 11.9. The van der Waals surface area contributed by atoms with Gasteiger partial charge in [0.15, 0.2) is 0 Å². The van der Waals surface area contributed by atoms with Gasteiger partial charge in [-0.2, -0.15) is 0 Å². The lowest BCUT2D eigenvalue weighted by Gasteiger charge is -2.11. The largest absolute Gasteiger partial charge is 0.478 e. The fourth-order valence-electron chi connectivity index (χ4n) is 1.38. The SMILES string of the molecule is COCCCNC(=O)C(C)Sc1ccc(C(=O)O)cn1. The van der Waals surface area contributed by atoms with E-state index in [-0.39, 0.29) is 16.7 Å². The minimum Gasteiger partial charge on any atom is -0.478 e. The number of aromatic carboxylic acids is 1. The van der Waals surface area contributed by atoms with Crippen molar-refractivity contribution in [3.63, 3.8) is 0 Å². The molecule has 0 aromatic carbocycles. The van der Waals surface area contributed by atoms with Gasteiger partial charge in [-0.1, -0.05) is 11.8 Å². The average molecular weight is 298 g/mol. The predicted molar refractivity (Wildman–Crippen MR) is 76.0 cm³/mol. The lowest BCUT2D eigenvalue weighted by Crippen LogP contribution is -2.32. The van der Waals surface area contributed by atoms with Crippen molar-refractivity contribution >= 4 is 23.6 Å². The summed E-state index contributed by atoms with van der Waals surface area (Å²) in [4.78, 5) is 26.5. The number of rotatable bonds is 8. The number of nitrogens with zero attached hydrogens (tertiary/aromatic N) is 1. The first kappa shape index (κ1) is 16.5. The van der Waals surface area contributed by atoms with Crippen molar-refractivity contribution in [2.45, 2.75) is 23.6 Å². The molecule has 0 aliphatic carbocycles. The van der Waals surface area contributed by atoms with Gasteiger partial charge in [-0.3, -0.25) is 4.79 Å². The molecular weight excluding hydrogens is 280 g/mol. The number of carbonyl (C=O) groups excluding carboxylic acids is 1. The number of methoxy groups -OCH3 is 1. The van der Waals surface area contributed by atoms with E-state index in [0.29, 0.717) is 18.2 Å². The third-order valence-corrected chi connectivity index (χ3v) is 3.53. The molecule has 1 rings (SSSR count). The lowest BCUT2D eigenvalue weighted by molar-refractivity contribution is -0.120. The molecule has 20 heavy (non-hydrogen) atoms. The van der Waals surface area contributed by atoms with Crippen molar-refractivity contribution in [1.82, 2.24) is 10.3 Å². The van der Waals surface area contributed by atoms with Crippen LogP contribution >= 0.6 is 11.8 Å². The molecule has 0 saturated heterocycles. The van der Waals surface area contributed by atoms with Crippen LogP contribution in [0.15, 0.2) is 23.4 Å². The van der Waals surface area contributed by atoms with Gasteiger partial charge in [0.1, 0.15) is 0 Å². The molecule has 1 atom stereocenters. The van der Waals surface area contributed by atoms with Crippen LogP contribution in [0.1, 0.15) is 23.7 Å². The van der Waals surface area contributed by atoms with Crippen molar-refractivity contribution in [3.05, 3.63) is 23.9 Å². The van der Waals surface area contributed by atoms with E-state index in [1.54, 1.807) is 20.1 Å². The third kappa shape index (κ3) is 5.58. The topological polar surface area (TPSA) is 88.5 Å². The summed E-state index contributed by atoms with van der Waals surface area (Å²) >= 11 is 1.29. The Labute approximate surface area is 121 Å². The molecule has 1 aromatic rings. The molecule has 0 aliphatic rings. The zero-order chi connectivity index (χ0) is 15.0. The van der Waals surface area contributed by atoms with Crippen LogP contribution in [0.5, 0.6) is 0 Å². The summed E-state index contributed by atoms with van der Waals surface area (Å²) in [6, 6.07) is 3.07. The molecule has 0 fully saturated rings. The molecule has 110 valence electrons.